The normalized spacial score (nSPS) is 16.9. The van der Waals surface area contributed by atoms with Gasteiger partial charge in [-0.3, -0.25) is 4.90 Å². The quantitative estimate of drug-likeness (QED) is 0.0813. The van der Waals surface area contributed by atoms with Crippen molar-refractivity contribution in [1.82, 2.24) is 29.9 Å². The van der Waals surface area contributed by atoms with Crippen molar-refractivity contribution in [3.8, 4) is 67.6 Å². The maximum atomic E-state index is 14.2. The molecule has 1 fully saturated rings. The standard InChI is InChI=1S/C45H38ClFN6O10S/c46-39-35-12-10-32(40(39)54)37-38-43(49-24-50-44(38)64-41(37)25-5-7-27(47)8-6-25)62-36(45(55)56)20-26-19-29(59-23-30(61-35)21-52-15-17-53(57)18-16-52)9-11-33(26)60-22-28-13-14-48-42(51-28)31-3-1-2-4-34(31)63-58/h1-14,19,24,30,36,54,57-58H,15-18,20-23H2,(H,55,56)/t30-,36?/m1/s1. The van der Waals surface area contributed by atoms with Crippen molar-refractivity contribution in [1.29, 1.82) is 0 Å². The molecule has 4 aromatic carbocycles. The third-order valence-electron chi connectivity index (χ3n) is 10.7. The molecule has 64 heavy (non-hydrogen) atoms. The van der Waals surface area contributed by atoms with Gasteiger partial charge in [-0.25, -0.2) is 34.4 Å². The molecule has 3 aromatic heterocycles. The Hall–Kier alpha value is -6.67. The highest BCUT2D eigenvalue weighted by Gasteiger charge is 2.30. The lowest BCUT2D eigenvalue weighted by atomic mass is 9.98. The van der Waals surface area contributed by atoms with Crippen molar-refractivity contribution >= 4 is 39.1 Å². The summed E-state index contributed by atoms with van der Waals surface area (Å²) >= 11 is 8.15. The lowest BCUT2D eigenvalue weighted by Crippen LogP contribution is -2.49. The summed E-state index contributed by atoms with van der Waals surface area (Å²) in [5, 5.41) is 43.5. The van der Waals surface area contributed by atoms with Crippen molar-refractivity contribution in [2.45, 2.75) is 25.2 Å². The molecule has 7 aromatic rings. The molecule has 0 amide bonds. The predicted molar refractivity (Wildman–Crippen MR) is 232 cm³/mol. The van der Waals surface area contributed by atoms with Gasteiger partial charge in [0.05, 0.1) is 16.6 Å². The molecule has 16 nitrogen and oxygen atoms in total. The first-order valence-corrected chi connectivity index (χ1v) is 21.2. The number of hydroxylamine groups is 2. The first kappa shape index (κ1) is 42.6. The second kappa shape index (κ2) is 18.6. The van der Waals surface area contributed by atoms with Crippen LogP contribution in [-0.2, 0) is 17.8 Å². The lowest BCUT2D eigenvalue weighted by molar-refractivity contribution is -0.145. The minimum absolute atomic E-state index is 0.000321. The number of carboxylic acid groups (broad SMARTS) is 1. The summed E-state index contributed by atoms with van der Waals surface area (Å²) in [5.41, 5.74) is 2.55. The van der Waals surface area contributed by atoms with Crippen molar-refractivity contribution in [3.63, 3.8) is 0 Å². The van der Waals surface area contributed by atoms with Gasteiger partial charge in [-0.15, -0.1) is 11.3 Å². The molecule has 19 heteroatoms. The zero-order valence-corrected chi connectivity index (χ0v) is 35.2. The Morgan fingerprint density at radius 1 is 0.938 bits per heavy atom. The Bertz CT molecular complexity index is 2830. The fourth-order valence-electron chi connectivity index (χ4n) is 7.55. The summed E-state index contributed by atoms with van der Waals surface area (Å²) in [5.74, 6) is -0.880. The molecular weight excluding hydrogens is 871 g/mol. The maximum absolute atomic E-state index is 14.2. The van der Waals surface area contributed by atoms with Crippen LogP contribution in [0.4, 0.5) is 4.39 Å². The zero-order valence-electron chi connectivity index (χ0n) is 33.6. The van der Waals surface area contributed by atoms with E-state index in [2.05, 4.69) is 29.7 Å². The number of hydrogen-bond acceptors (Lipinski definition) is 16. The highest BCUT2D eigenvalue weighted by atomic mass is 35.5. The van der Waals surface area contributed by atoms with Crippen LogP contribution in [0.5, 0.6) is 34.6 Å². The monoisotopic (exact) mass is 908 g/mol. The molecule has 4 N–H and O–H groups in total. The van der Waals surface area contributed by atoms with Gasteiger partial charge < -0.3 is 39.3 Å². The number of piperazine rings is 1. The number of fused-ring (bicyclic) bond motifs is 7. The summed E-state index contributed by atoms with van der Waals surface area (Å²) < 4.78 is 39.7. The Morgan fingerprint density at radius 2 is 1.75 bits per heavy atom. The van der Waals surface area contributed by atoms with Crippen LogP contribution in [-0.4, -0.2) is 108 Å². The SMILES string of the molecule is O=C(O)C1Cc2cc(ccc2OCc2ccnc(-c3ccccc3OO)n2)OC[C@@H](CN2CCN(O)CC2)Oc2ccc(c(O)c2Cl)-c2c(-c3ccc(F)cc3)sc3ncnc(c23)O1. The number of aliphatic carboxylic acids is 1. The van der Waals surface area contributed by atoms with E-state index in [1.54, 1.807) is 79.0 Å². The molecule has 4 bridgehead atoms. The highest BCUT2D eigenvalue weighted by molar-refractivity contribution is 7.22. The summed E-state index contributed by atoms with van der Waals surface area (Å²) in [7, 11) is 0. The minimum atomic E-state index is -1.55. The van der Waals surface area contributed by atoms with Gasteiger partial charge >= 0.3 is 5.97 Å². The van der Waals surface area contributed by atoms with Gasteiger partial charge in [-0.1, -0.05) is 35.9 Å². The van der Waals surface area contributed by atoms with Crippen molar-refractivity contribution in [2.24, 2.45) is 0 Å². The summed E-state index contributed by atoms with van der Waals surface area (Å²) in [6.45, 7) is 2.28. The summed E-state index contributed by atoms with van der Waals surface area (Å²) in [6, 6.07) is 22.4. The molecule has 0 saturated carbocycles. The fraction of sp³-hybridized carbons (Fsp3) is 0.222. The zero-order chi connectivity index (χ0) is 44.3. The van der Waals surface area contributed by atoms with Gasteiger partial charge in [0.15, 0.2) is 11.6 Å². The number of hydrogen-bond donors (Lipinski definition) is 4. The molecule has 0 spiro atoms. The fourth-order valence-corrected chi connectivity index (χ4v) is 8.91. The third kappa shape index (κ3) is 9.05. The number of phenols is 1. The van der Waals surface area contributed by atoms with Crippen molar-refractivity contribution < 1.29 is 53.7 Å². The average Bonchev–Trinajstić information content (AvgIpc) is 3.70. The van der Waals surface area contributed by atoms with Crippen LogP contribution in [0.3, 0.4) is 0 Å². The van der Waals surface area contributed by atoms with E-state index in [9.17, 15) is 29.9 Å². The first-order chi connectivity index (χ1) is 31.1. The van der Waals surface area contributed by atoms with Gasteiger partial charge in [-0.05, 0) is 66.2 Å². The summed E-state index contributed by atoms with van der Waals surface area (Å²) in [6.07, 6.45) is 0.370. The molecule has 10 rings (SSSR count). The van der Waals surface area contributed by atoms with Crippen molar-refractivity contribution in [3.05, 3.63) is 120 Å². The Labute approximate surface area is 373 Å². The van der Waals surface area contributed by atoms with Crippen LogP contribution in [0, 0.1) is 5.82 Å². The molecule has 1 unspecified atom stereocenters. The molecule has 6 heterocycles. The molecule has 3 aliphatic rings. The van der Waals surface area contributed by atoms with E-state index in [-0.39, 0.29) is 59.2 Å². The second-order valence-electron chi connectivity index (χ2n) is 14.9. The van der Waals surface area contributed by atoms with Crippen molar-refractivity contribution in [2.75, 3.05) is 39.3 Å². The van der Waals surface area contributed by atoms with E-state index < -0.39 is 24.0 Å². The van der Waals surface area contributed by atoms with E-state index in [1.807, 2.05) is 0 Å². The summed E-state index contributed by atoms with van der Waals surface area (Å²) in [4.78, 5) is 38.6. The number of carboxylic acids is 1. The number of thiophene rings is 1. The van der Waals surface area contributed by atoms with Gasteiger partial charge in [0, 0.05) is 66.9 Å². The molecule has 1 saturated heterocycles. The maximum Gasteiger partial charge on any atom is 0.345 e. The molecule has 3 aliphatic heterocycles. The largest absolute Gasteiger partial charge is 0.506 e. The van der Waals surface area contributed by atoms with Crippen LogP contribution < -0.4 is 23.8 Å². The number of para-hydroxylation sites is 1. The van der Waals surface area contributed by atoms with Gasteiger partial charge in [0.2, 0.25) is 12.0 Å². The predicted octanol–water partition coefficient (Wildman–Crippen LogP) is 7.63. The smallest absolute Gasteiger partial charge is 0.345 e. The first-order valence-electron chi connectivity index (χ1n) is 20.0. The number of benzene rings is 4. The Morgan fingerprint density at radius 3 is 2.55 bits per heavy atom. The molecular formula is C45H38ClFN6O10S. The lowest BCUT2D eigenvalue weighted by Gasteiger charge is -2.33. The number of carbonyl (C=O) groups is 1. The highest BCUT2D eigenvalue weighted by Crippen LogP contribution is 2.52. The van der Waals surface area contributed by atoms with Crippen LogP contribution >= 0.6 is 22.9 Å². The number of halogens is 2. The molecule has 0 aliphatic carbocycles. The van der Waals surface area contributed by atoms with Crippen LogP contribution in [0.25, 0.3) is 43.2 Å². The number of ether oxygens (including phenoxy) is 4. The van der Waals surface area contributed by atoms with E-state index in [4.69, 9.17) is 30.5 Å². The van der Waals surface area contributed by atoms with E-state index >= 15 is 0 Å². The number of nitrogens with zero attached hydrogens (tertiary/aromatic N) is 6. The topological polar surface area (TPSA) is 202 Å². The van der Waals surface area contributed by atoms with Crippen LogP contribution in [0.2, 0.25) is 5.02 Å². The van der Waals surface area contributed by atoms with Crippen LogP contribution in [0.1, 0.15) is 11.3 Å². The van der Waals surface area contributed by atoms with E-state index in [0.717, 1.165) is 0 Å². The van der Waals surface area contributed by atoms with Gasteiger partial charge in [0.25, 0.3) is 0 Å². The number of rotatable bonds is 9. The second-order valence-corrected chi connectivity index (χ2v) is 16.3. The van der Waals surface area contributed by atoms with Gasteiger partial charge in [0.1, 0.15) is 64.3 Å². The number of aromatic hydroxyl groups is 1. The number of phenolic OH excluding ortho intramolecular Hbond substituents is 1. The average molecular weight is 909 g/mol. The van der Waals surface area contributed by atoms with Crippen LogP contribution in [0.15, 0.2) is 97.5 Å². The Balaban J connectivity index is 1.13. The number of aromatic nitrogens is 4. The molecule has 0 radical (unpaired) electrons. The molecule has 2 atom stereocenters. The molecule has 328 valence electrons. The minimum Gasteiger partial charge on any atom is -0.506 e. The van der Waals surface area contributed by atoms with Gasteiger partial charge in [-0.2, -0.15) is 5.06 Å². The Kier molecular flexibility index (Phi) is 12.4. The third-order valence-corrected chi connectivity index (χ3v) is 12.2. The van der Waals surface area contributed by atoms with E-state index in [0.29, 0.717) is 87.3 Å². The van der Waals surface area contributed by atoms with E-state index in [1.165, 1.54) is 34.9 Å².